The van der Waals surface area contributed by atoms with E-state index in [1.54, 1.807) is 11.3 Å². The zero-order valence-electron chi connectivity index (χ0n) is 16.3. The highest BCUT2D eigenvalue weighted by Crippen LogP contribution is 2.30. The second-order valence-corrected chi connectivity index (χ2v) is 8.97. The lowest BCUT2D eigenvalue weighted by Gasteiger charge is -2.27. The molecule has 0 saturated heterocycles. The molecule has 1 aliphatic heterocycles. The highest BCUT2D eigenvalue weighted by atomic mass is 32.1. The molecule has 2 aliphatic rings. The number of carbonyl (C=O) groups is 1. The van der Waals surface area contributed by atoms with E-state index in [4.69, 9.17) is 4.52 Å². The van der Waals surface area contributed by atoms with Gasteiger partial charge in [-0.3, -0.25) is 9.69 Å². The number of fused-ring (bicyclic) bond motifs is 1. The van der Waals surface area contributed by atoms with Gasteiger partial charge in [0.15, 0.2) is 0 Å². The molecule has 0 aromatic carbocycles. The standard InChI is InChI=1S/C21H29N3O2S/c1-14-18(15(2)26-23-14)11-24-10-8-17-19(13-27-20(17)12-24)21(25)22-9-7-16-5-3-4-6-16/h13,16H,3-12H2,1-2H3,(H,22,25). The Bertz CT molecular complexity index is 785. The molecule has 1 N–H and O–H groups in total. The normalized spacial score (nSPS) is 18.0. The van der Waals surface area contributed by atoms with Gasteiger partial charge in [0.25, 0.3) is 5.91 Å². The van der Waals surface area contributed by atoms with Crippen LogP contribution >= 0.6 is 11.3 Å². The monoisotopic (exact) mass is 387 g/mol. The van der Waals surface area contributed by atoms with Crippen LogP contribution in [0.25, 0.3) is 0 Å². The zero-order valence-corrected chi connectivity index (χ0v) is 17.2. The Morgan fingerprint density at radius 3 is 2.93 bits per heavy atom. The van der Waals surface area contributed by atoms with Gasteiger partial charge in [-0.2, -0.15) is 0 Å². The van der Waals surface area contributed by atoms with Crippen molar-refractivity contribution in [1.29, 1.82) is 0 Å². The summed E-state index contributed by atoms with van der Waals surface area (Å²) in [5.74, 6) is 1.84. The van der Waals surface area contributed by atoms with Crippen LogP contribution in [0.3, 0.4) is 0 Å². The number of nitrogens with zero attached hydrogens (tertiary/aromatic N) is 2. The first-order chi connectivity index (χ1) is 13.1. The SMILES string of the molecule is Cc1noc(C)c1CN1CCc2c(C(=O)NCCC3CCCC3)csc2C1. The minimum Gasteiger partial charge on any atom is -0.361 e. The van der Waals surface area contributed by atoms with Crippen LogP contribution < -0.4 is 5.32 Å². The lowest BCUT2D eigenvalue weighted by atomic mass is 10.0. The fourth-order valence-electron chi connectivity index (χ4n) is 4.44. The van der Waals surface area contributed by atoms with Gasteiger partial charge < -0.3 is 9.84 Å². The summed E-state index contributed by atoms with van der Waals surface area (Å²) in [6.07, 6.45) is 7.47. The van der Waals surface area contributed by atoms with Crippen molar-refractivity contribution in [3.05, 3.63) is 38.4 Å². The summed E-state index contributed by atoms with van der Waals surface area (Å²) in [6, 6.07) is 0. The van der Waals surface area contributed by atoms with Crippen molar-refractivity contribution >= 4 is 17.2 Å². The van der Waals surface area contributed by atoms with Crippen LogP contribution in [0.4, 0.5) is 0 Å². The van der Waals surface area contributed by atoms with Crippen LogP contribution in [0, 0.1) is 19.8 Å². The Morgan fingerprint density at radius 1 is 1.37 bits per heavy atom. The molecule has 0 unspecified atom stereocenters. The molecule has 2 aromatic heterocycles. The summed E-state index contributed by atoms with van der Waals surface area (Å²) in [7, 11) is 0. The Kier molecular flexibility index (Phi) is 5.64. The van der Waals surface area contributed by atoms with Gasteiger partial charge in [-0.05, 0) is 38.2 Å². The Balaban J connectivity index is 1.34. The Morgan fingerprint density at radius 2 is 2.19 bits per heavy atom. The number of amides is 1. The highest BCUT2D eigenvalue weighted by molar-refractivity contribution is 7.10. The average molecular weight is 388 g/mol. The fourth-order valence-corrected chi connectivity index (χ4v) is 5.56. The molecular formula is C21H29N3O2S. The van der Waals surface area contributed by atoms with Crippen LogP contribution in [0.5, 0.6) is 0 Å². The molecule has 4 rings (SSSR count). The number of nitrogens with one attached hydrogen (secondary N) is 1. The van der Waals surface area contributed by atoms with Crippen molar-refractivity contribution in [3.63, 3.8) is 0 Å². The maximum atomic E-state index is 12.6. The van der Waals surface area contributed by atoms with Crippen LogP contribution in [-0.4, -0.2) is 29.1 Å². The van der Waals surface area contributed by atoms with E-state index in [1.165, 1.54) is 41.7 Å². The Hall–Kier alpha value is -1.66. The molecular weight excluding hydrogens is 358 g/mol. The van der Waals surface area contributed by atoms with Gasteiger partial charge in [-0.25, -0.2) is 0 Å². The predicted octanol–water partition coefficient (Wildman–Crippen LogP) is 4.22. The number of thiophene rings is 1. The minimum atomic E-state index is 0.115. The molecule has 0 atom stereocenters. The number of rotatable bonds is 6. The summed E-state index contributed by atoms with van der Waals surface area (Å²) >= 11 is 1.72. The van der Waals surface area contributed by atoms with E-state index < -0.39 is 0 Å². The second-order valence-electron chi connectivity index (χ2n) is 8.01. The zero-order chi connectivity index (χ0) is 18.8. The summed E-state index contributed by atoms with van der Waals surface area (Å²) in [5.41, 5.74) is 4.33. The van der Waals surface area contributed by atoms with Gasteiger partial charge in [0.1, 0.15) is 5.76 Å². The van der Waals surface area contributed by atoms with E-state index in [0.29, 0.717) is 0 Å². The van der Waals surface area contributed by atoms with Gasteiger partial charge in [-0.1, -0.05) is 30.8 Å². The third-order valence-electron chi connectivity index (χ3n) is 6.15. The van der Waals surface area contributed by atoms with Crippen molar-refractivity contribution in [1.82, 2.24) is 15.4 Å². The third-order valence-corrected chi connectivity index (χ3v) is 7.16. The predicted molar refractivity (Wildman–Crippen MR) is 107 cm³/mol. The average Bonchev–Trinajstić information content (AvgIpc) is 3.38. The van der Waals surface area contributed by atoms with E-state index in [9.17, 15) is 4.79 Å². The molecule has 146 valence electrons. The molecule has 6 heteroatoms. The summed E-state index contributed by atoms with van der Waals surface area (Å²) in [5, 5.41) is 9.27. The van der Waals surface area contributed by atoms with Crippen LogP contribution in [0.1, 0.15) is 69.9 Å². The van der Waals surface area contributed by atoms with Crippen molar-refractivity contribution < 1.29 is 9.32 Å². The van der Waals surface area contributed by atoms with Crippen molar-refractivity contribution in [2.45, 2.75) is 65.5 Å². The second kappa shape index (κ2) is 8.15. The van der Waals surface area contributed by atoms with E-state index in [0.717, 1.165) is 62.0 Å². The number of hydrogen-bond donors (Lipinski definition) is 1. The van der Waals surface area contributed by atoms with Crippen LogP contribution in [0.15, 0.2) is 9.90 Å². The molecule has 1 aliphatic carbocycles. The number of aryl methyl sites for hydroxylation is 2. The molecule has 0 radical (unpaired) electrons. The molecule has 1 saturated carbocycles. The van der Waals surface area contributed by atoms with E-state index >= 15 is 0 Å². The summed E-state index contributed by atoms with van der Waals surface area (Å²) in [6.45, 7) is 7.52. The van der Waals surface area contributed by atoms with Crippen LogP contribution in [-0.2, 0) is 19.5 Å². The fraction of sp³-hybridized carbons (Fsp3) is 0.619. The lowest BCUT2D eigenvalue weighted by molar-refractivity contribution is 0.0950. The lowest BCUT2D eigenvalue weighted by Crippen LogP contribution is -2.31. The Labute approximate surface area is 165 Å². The first-order valence-corrected chi connectivity index (χ1v) is 11.0. The first kappa shape index (κ1) is 18.7. The van der Waals surface area contributed by atoms with E-state index in [1.807, 2.05) is 13.8 Å². The molecule has 2 aromatic rings. The number of aromatic nitrogens is 1. The molecule has 0 spiro atoms. The quantitative estimate of drug-likeness (QED) is 0.806. The van der Waals surface area contributed by atoms with Crippen molar-refractivity contribution in [2.24, 2.45) is 5.92 Å². The van der Waals surface area contributed by atoms with Crippen molar-refractivity contribution in [2.75, 3.05) is 13.1 Å². The molecule has 0 bridgehead atoms. The van der Waals surface area contributed by atoms with Gasteiger partial charge in [0.2, 0.25) is 0 Å². The largest absolute Gasteiger partial charge is 0.361 e. The maximum absolute atomic E-state index is 12.6. The van der Waals surface area contributed by atoms with Crippen LogP contribution in [0.2, 0.25) is 0 Å². The topological polar surface area (TPSA) is 58.4 Å². The number of hydrogen-bond acceptors (Lipinski definition) is 5. The smallest absolute Gasteiger partial charge is 0.252 e. The van der Waals surface area contributed by atoms with Gasteiger partial charge in [-0.15, -0.1) is 11.3 Å². The molecule has 3 heterocycles. The third kappa shape index (κ3) is 4.11. The maximum Gasteiger partial charge on any atom is 0.252 e. The number of carbonyl (C=O) groups excluding carboxylic acids is 1. The molecule has 1 fully saturated rings. The molecule has 1 amide bonds. The van der Waals surface area contributed by atoms with Gasteiger partial charge >= 0.3 is 0 Å². The summed E-state index contributed by atoms with van der Waals surface area (Å²) < 4.78 is 5.29. The van der Waals surface area contributed by atoms with E-state index in [-0.39, 0.29) is 5.91 Å². The first-order valence-electron chi connectivity index (χ1n) is 10.1. The molecule has 27 heavy (non-hydrogen) atoms. The summed E-state index contributed by atoms with van der Waals surface area (Å²) in [4.78, 5) is 16.4. The van der Waals surface area contributed by atoms with Crippen molar-refractivity contribution in [3.8, 4) is 0 Å². The minimum absolute atomic E-state index is 0.115. The van der Waals surface area contributed by atoms with E-state index in [2.05, 4.69) is 20.8 Å². The van der Waals surface area contributed by atoms with Gasteiger partial charge in [0.05, 0.1) is 11.3 Å². The highest BCUT2D eigenvalue weighted by Gasteiger charge is 2.25. The van der Waals surface area contributed by atoms with Gasteiger partial charge in [0, 0.05) is 42.0 Å². The molecule has 5 nitrogen and oxygen atoms in total.